The summed E-state index contributed by atoms with van der Waals surface area (Å²) in [6.45, 7) is 0.936. The maximum atomic E-state index is 13.7. The number of rotatable bonds is 2. The van der Waals surface area contributed by atoms with Gasteiger partial charge in [0.05, 0.1) is 6.20 Å². The summed E-state index contributed by atoms with van der Waals surface area (Å²) in [4.78, 5) is 0. The summed E-state index contributed by atoms with van der Waals surface area (Å²) in [5.74, 6) is 0. The molecule has 0 aliphatic carbocycles. The van der Waals surface area contributed by atoms with Crippen LogP contribution in [0.1, 0.15) is 24.6 Å². The van der Waals surface area contributed by atoms with Crippen LogP contribution < -0.4 is 5.32 Å². The predicted molar refractivity (Wildman–Crippen MR) is 48.1 cm³/mol. The number of halogens is 1. The molecule has 4 heteroatoms. The summed E-state index contributed by atoms with van der Waals surface area (Å²) in [7, 11) is 1.80. The lowest BCUT2D eigenvalue weighted by Gasteiger charge is -2.13. The summed E-state index contributed by atoms with van der Waals surface area (Å²) < 4.78 is 15.4. The maximum Gasteiger partial charge on any atom is 0.143 e. The molecule has 13 heavy (non-hydrogen) atoms. The van der Waals surface area contributed by atoms with Crippen molar-refractivity contribution in [2.75, 3.05) is 6.54 Å². The Bertz CT molecular complexity index is 278. The second-order valence-corrected chi connectivity index (χ2v) is 3.55. The largest absolute Gasteiger partial charge is 0.311 e. The third kappa shape index (κ3) is 1.72. The average Bonchev–Trinajstić information content (AvgIpc) is 2.72. The Morgan fingerprint density at radius 3 is 3.15 bits per heavy atom. The number of nitrogens with one attached hydrogen (secondary N) is 1. The third-order valence-electron chi connectivity index (χ3n) is 2.49. The number of aromatic nitrogens is 2. The average molecular weight is 183 g/mol. The molecule has 1 N–H and O–H groups in total. The summed E-state index contributed by atoms with van der Waals surface area (Å²) in [5.41, 5.74) is 0.682. The molecular weight excluding hydrogens is 169 g/mol. The molecule has 0 saturated carbocycles. The molecular formula is C9H14FN3. The third-order valence-corrected chi connectivity index (χ3v) is 2.49. The van der Waals surface area contributed by atoms with Crippen molar-refractivity contribution in [1.82, 2.24) is 15.1 Å². The fourth-order valence-corrected chi connectivity index (χ4v) is 1.78. The van der Waals surface area contributed by atoms with Gasteiger partial charge in [-0.3, -0.25) is 4.68 Å². The number of nitrogens with zero attached hydrogens (tertiary/aromatic N) is 2. The molecule has 1 aliphatic heterocycles. The SMILES string of the molecule is Cn1cc(C(F)C2CCCN2)cn1. The quantitative estimate of drug-likeness (QED) is 0.746. The van der Waals surface area contributed by atoms with Crippen molar-refractivity contribution in [1.29, 1.82) is 0 Å². The van der Waals surface area contributed by atoms with E-state index in [1.807, 2.05) is 0 Å². The van der Waals surface area contributed by atoms with E-state index < -0.39 is 6.17 Å². The van der Waals surface area contributed by atoms with Crippen LogP contribution >= 0.6 is 0 Å². The Morgan fingerprint density at radius 1 is 1.77 bits per heavy atom. The van der Waals surface area contributed by atoms with Crippen molar-refractivity contribution in [3.05, 3.63) is 18.0 Å². The van der Waals surface area contributed by atoms with Gasteiger partial charge in [-0.25, -0.2) is 4.39 Å². The Hall–Kier alpha value is -0.900. The summed E-state index contributed by atoms with van der Waals surface area (Å²) >= 11 is 0. The molecule has 1 saturated heterocycles. The van der Waals surface area contributed by atoms with Crippen LogP contribution in [-0.2, 0) is 7.05 Å². The van der Waals surface area contributed by atoms with Crippen LogP contribution in [-0.4, -0.2) is 22.4 Å². The molecule has 2 atom stereocenters. The second kappa shape index (κ2) is 3.46. The van der Waals surface area contributed by atoms with Crippen molar-refractivity contribution < 1.29 is 4.39 Å². The summed E-state index contributed by atoms with van der Waals surface area (Å²) in [6, 6.07) is -0.0100. The molecule has 0 aromatic carbocycles. The molecule has 0 amide bonds. The highest BCUT2D eigenvalue weighted by atomic mass is 19.1. The smallest absolute Gasteiger partial charge is 0.143 e. The van der Waals surface area contributed by atoms with Gasteiger partial charge in [0, 0.05) is 24.8 Å². The molecule has 0 bridgehead atoms. The van der Waals surface area contributed by atoms with Gasteiger partial charge in [-0.1, -0.05) is 0 Å². The lowest BCUT2D eigenvalue weighted by molar-refractivity contribution is 0.271. The molecule has 1 aromatic heterocycles. The zero-order valence-electron chi connectivity index (χ0n) is 7.70. The molecule has 0 radical (unpaired) electrons. The van der Waals surface area contributed by atoms with Gasteiger partial charge in [-0.15, -0.1) is 0 Å². The first-order chi connectivity index (χ1) is 6.27. The van der Waals surface area contributed by atoms with Crippen LogP contribution in [0.15, 0.2) is 12.4 Å². The van der Waals surface area contributed by atoms with Gasteiger partial charge in [-0.05, 0) is 19.4 Å². The topological polar surface area (TPSA) is 29.9 Å². The fraction of sp³-hybridized carbons (Fsp3) is 0.667. The number of hydrogen-bond acceptors (Lipinski definition) is 2. The van der Waals surface area contributed by atoms with Gasteiger partial charge in [0.2, 0.25) is 0 Å². The molecule has 1 aromatic rings. The van der Waals surface area contributed by atoms with Gasteiger partial charge < -0.3 is 5.32 Å². The highest BCUT2D eigenvalue weighted by molar-refractivity contribution is 5.11. The zero-order valence-corrected chi connectivity index (χ0v) is 7.70. The van der Waals surface area contributed by atoms with Crippen LogP contribution in [0.4, 0.5) is 4.39 Å². The van der Waals surface area contributed by atoms with Crippen molar-refractivity contribution in [2.24, 2.45) is 7.05 Å². The first kappa shape index (κ1) is 8.69. The highest BCUT2D eigenvalue weighted by Crippen LogP contribution is 2.25. The number of aryl methyl sites for hydroxylation is 1. The van der Waals surface area contributed by atoms with Crippen molar-refractivity contribution >= 4 is 0 Å². The van der Waals surface area contributed by atoms with Gasteiger partial charge in [0.1, 0.15) is 6.17 Å². The molecule has 3 nitrogen and oxygen atoms in total. The molecule has 2 unspecified atom stereocenters. The van der Waals surface area contributed by atoms with E-state index in [4.69, 9.17) is 0 Å². The van der Waals surface area contributed by atoms with E-state index in [2.05, 4.69) is 10.4 Å². The minimum absolute atomic E-state index is 0.0100. The Balaban J connectivity index is 2.07. The van der Waals surface area contributed by atoms with E-state index in [1.54, 1.807) is 24.1 Å². The van der Waals surface area contributed by atoms with E-state index in [0.29, 0.717) is 5.56 Å². The lowest BCUT2D eigenvalue weighted by atomic mass is 10.1. The van der Waals surface area contributed by atoms with E-state index in [9.17, 15) is 4.39 Å². The van der Waals surface area contributed by atoms with Crippen molar-refractivity contribution in [3.8, 4) is 0 Å². The highest BCUT2D eigenvalue weighted by Gasteiger charge is 2.26. The van der Waals surface area contributed by atoms with Crippen LogP contribution in [0.2, 0.25) is 0 Å². The minimum atomic E-state index is -0.906. The predicted octanol–water partition coefficient (Wildman–Crippen LogP) is 1.18. The molecule has 0 spiro atoms. The van der Waals surface area contributed by atoms with E-state index in [-0.39, 0.29) is 6.04 Å². The van der Waals surface area contributed by atoms with Gasteiger partial charge >= 0.3 is 0 Å². The number of hydrogen-bond donors (Lipinski definition) is 1. The Labute approximate surface area is 76.9 Å². The Morgan fingerprint density at radius 2 is 2.62 bits per heavy atom. The first-order valence-electron chi connectivity index (χ1n) is 4.63. The molecule has 72 valence electrons. The first-order valence-corrected chi connectivity index (χ1v) is 4.63. The van der Waals surface area contributed by atoms with E-state index in [1.165, 1.54) is 0 Å². The van der Waals surface area contributed by atoms with E-state index in [0.717, 1.165) is 19.4 Å². The summed E-state index contributed by atoms with van der Waals surface area (Å²) in [6.07, 6.45) is 4.44. The standard InChI is InChI=1S/C9H14FN3/c1-13-6-7(5-12-13)9(10)8-3-2-4-11-8/h5-6,8-9,11H,2-4H2,1H3. The molecule has 1 aliphatic rings. The van der Waals surface area contributed by atoms with Crippen LogP contribution in [0, 0.1) is 0 Å². The molecule has 2 rings (SSSR count). The molecule has 2 heterocycles. The monoisotopic (exact) mass is 183 g/mol. The summed E-state index contributed by atoms with van der Waals surface area (Å²) in [5, 5.41) is 7.11. The van der Waals surface area contributed by atoms with Crippen LogP contribution in [0.5, 0.6) is 0 Å². The fourth-order valence-electron chi connectivity index (χ4n) is 1.78. The lowest BCUT2D eigenvalue weighted by Crippen LogP contribution is -2.26. The van der Waals surface area contributed by atoms with Crippen molar-refractivity contribution in [2.45, 2.75) is 25.1 Å². The van der Waals surface area contributed by atoms with Crippen molar-refractivity contribution in [3.63, 3.8) is 0 Å². The minimum Gasteiger partial charge on any atom is -0.311 e. The van der Waals surface area contributed by atoms with Crippen LogP contribution in [0.3, 0.4) is 0 Å². The van der Waals surface area contributed by atoms with Gasteiger partial charge in [0.15, 0.2) is 0 Å². The zero-order chi connectivity index (χ0) is 9.26. The van der Waals surface area contributed by atoms with Crippen LogP contribution in [0.25, 0.3) is 0 Å². The normalized spacial score (nSPS) is 24.9. The molecule has 1 fully saturated rings. The van der Waals surface area contributed by atoms with Gasteiger partial charge in [-0.2, -0.15) is 5.10 Å². The maximum absolute atomic E-state index is 13.7. The Kier molecular flexibility index (Phi) is 2.31. The van der Waals surface area contributed by atoms with E-state index >= 15 is 0 Å². The second-order valence-electron chi connectivity index (χ2n) is 3.55. The number of alkyl halides is 1. The van der Waals surface area contributed by atoms with Gasteiger partial charge in [0.25, 0.3) is 0 Å².